The Kier molecular flexibility index (Phi) is 3.11. The predicted octanol–water partition coefficient (Wildman–Crippen LogP) is 1.41. The summed E-state index contributed by atoms with van der Waals surface area (Å²) in [5.41, 5.74) is 2.63. The zero-order valence-corrected chi connectivity index (χ0v) is 10.7. The van der Waals surface area contributed by atoms with E-state index in [2.05, 4.69) is 9.97 Å². The number of nitrogens with zero attached hydrogens (tertiary/aromatic N) is 1. The molecule has 100 valence electrons. The second kappa shape index (κ2) is 4.91. The minimum absolute atomic E-state index is 0.180. The number of H-pyrrole nitrogens is 2. The van der Waals surface area contributed by atoms with Crippen LogP contribution in [0.4, 0.5) is 0 Å². The fourth-order valence-corrected chi connectivity index (χ4v) is 2.40. The fourth-order valence-electron chi connectivity index (χ4n) is 2.40. The number of aryl methyl sites for hydroxylation is 1. The van der Waals surface area contributed by atoms with Gasteiger partial charge >= 0.3 is 5.69 Å². The van der Waals surface area contributed by atoms with Gasteiger partial charge < -0.3 is 14.9 Å². The zero-order chi connectivity index (χ0) is 13.2. The predicted molar refractivity (Wildman–Crippen MR) is 73.1 cm³/mol. The third-order valence-corrected chi connectivity index (χ3v) is 3.65. The quantitative estimate of drug-likeness (QED) is 0.871. The van der Waals surface area contributed by atoms with Crippen LogP contribution >= 0.6 is 0 Å². The van der Waals surface area contributed by atoms with Crippen molar-refractivity contribution in [3.63, 3.8) is 0 Å². The van der Waals surface area contributed by atoms with E-state index in [1.807, 2.05) is 23.1 Å². The van der Waals surface area contributed by atoms with Gasteiger partial charge in [0, 0.05) is 19.5 Å². The van der Waals surface area contributed by atoms with Crippen LogP contribution in [0.15, 0.2) is 23.0 Å². The summed E-state index contributed by atoms with van der Waals surface area (Å²) in [6.07, 6.45) is 3.48. The molecule has 1 saturated heterocycles. The summed E-state index contributed by atoms with van der Waals surface area (Å²) in [4.78, 5) is 30.2. The van der Waals surface area contributed by atoms with E-state index in [1.165, 1.54) is 0 Å². The maximum Gasteiger partial charge on any atom is 0.323 e. The van der Waals surface area contributed by atoms with Crippen molar-refractivity contribution in [3.8, 4) is 0 Å². The summed E-state index contributed by atoms with van der Waals surface area (Å²) in [5, 5.41) is 0. The molecule has 2 heterocycles. The van der Waals surface area contributed by atoms with Crippen LogP contribution in [0.1, 0.15) is 24.8 Å². The number of benzene rings is 1. The average Bonchev–Trinajstić information content (AvgIpc) is 2.66. The highest BCUT2D eigenvalue weighted by atomic mass is 16.2. The van der Waals surface area contributed by atoms with Crippen molar-refractivity contribution in [2.45, 2.75) is 25.7 Å². The minimum Gasteiger partial charge on any atom is -0.343 e. The van der Waals surface area contributed by atoms with Crippen LogP contribution in [-0.4, -0.2) is 33.9 Å². The lowest BCUT2D eigenvalue weighted by atomic mass is 10.1. The number of hydrogen-bond donors (Lipinski definition) is 2. The average molecular weight is 259 g/mol. The fraction of sp³-hybridized carbons (Fsp3) is 0.429. The molecule has 2 aromatic rings. The van der Waals surface area contributed by atoms with Crippen molar-refractivity contribution in [1.29, 1.82) is 0 Å². The summed E-state index contributed by atoms with van der Waals surface area (Å²) in [6, 6.07) is 5.88. The van der Waals surface area contributed by atoms with E-state index in [0.717, 1.165) is 48.9 Å². The van der Waals surface area contributed by atoms with Gasteiger partial charge in [-0.05, 0) is 37.0 Å². The monoisotopic (exact) mass is 259 g/mol. The molecule has 3 rings (SSSR count). The van der Waals surface area contributed by atoms with Gasteiger partial charge in [0.1, 0.15) is 0 Å². The van der Waals surface area contributed by atoms with Gasteiger partial charge in [0.05, 0.1) is 11.0 Å². The van der Waals surface area contributed by atoms with E-state index in [-0.39, 0.29) is 11.6 Å². The zero-order valence-electron chi connectivity index (χ0n) is 10.7. The van der Waals surface area contributed by atoms with Crippen molar-refractivity contribution >= 4 is 16.9 Å². The molecular weight excluding hydrogens is 242 g/mol. The first-order valence-electron chi connectivity index (χ1n) is 6.71. The number of imidazole rings is 1. The Balaban J connectivity index is 1.58. The molecule has 1 aromatic heterocycles. The summed E-state index contributed by atoms with van der Waals surface area (Å²) in [5.74, 6) is 0.266. The highest BCUT2D eigenvalue weighted by Crippen LogP contribution is 2.14. The van der Waals surface area contributed by atoms with Crippen molar-refractivity contribution in [1.82, 2.24) is 14.9 Å². The lowest BCUT2D eigenvalue weighted by Crippen LogP contribution is -2.41. The number of rotatable bonds is 4. The van der Waals surface area contributed by atoms with E-state index < -0.39 is 0 Å². The number of aromatic nitrogens is 2. The van der Waals surface area contributed by atoms with Crippen LogP contribution < -0.4 is 5.69 Å². The highest BCUT2D eigenvalue weighted by molar-refractivity contribution is 5.77. The maximum absolute atomic E-state index is 11.7. The van der Waals surface area contributed by atoms with Crippen LogP contribution in [0.5, 0.6) is 0 Å². The Labute approximate surface area is 110 Å². The maximum atomic E-state index is 11.7. The topological polar surface area (TPSA) is 69.0 Å². The first kappa shape index (κ1) is 12.0. The van der Waals surface area contributed by atoms with Crippen LogP contribution in [-0.2, 0) is 11.2 Å². The van der Waals surface area contributed by atoms with Gasteiger partial charge in [-0.15, -0.1) is 0 Å². The normalized spacial score (nSPS) is 14.6. The van der Waals surface area contributed by atoms with Crippen LogP contribution in [0, 0.1) is 0 Å². The van der Waals surface area contributed by atoms with E-state index in [4.69, 9.17) is 0 Å². The third-order valence-electron chi connectivity index (χ3n) is 3.65. The number of aromatic amines is 2. The molecule has 19 heavy (non-hydrogen) atoms. The molecule has 5 heteroatoms. The van der Waals surface area contributed by atoms with Crippen molar-refractivity contribution in [2.24, 2.45) is 0 Å². The van der Waals surface area contributed by atoms with E-state index >= 15 is 0 Å². The highest BCUT2D eigenvalue weighted by Gasteiger charge is 2.19. The van der Waals surface area contributed by atoms with Gasteiger partial charge in [-0.2, -0.15) is 0 Å². The van der Waals surface area contributed by atoms with Gasteiger partial charge in [-0.25, -0.2) is 4.79 Å². The van der Waals surface area contributed by atoms with Crippen molar-refractivity contribution < 1.29 is 4.79 Å². The smallest absolute Gasteiger partial charge is 0.323 e. The van der Waals surface area contributed by atoms with E-state index in [0.29, 0.717) is 6.42 Å². The van der Waals surface area contributed by atoms with Crippen molar-refractivity contribution in [2.75, 3.05) is 13.1 Å². The molecule has 2 N–H and O–H groups in total. The first-order chi connectivity index (χ1) is 9.22. The van der Waals surface area contributed by atoms with Gasteiger partial charge in [0.2, 0.25) is 5.91 Å². The van der Waals surface area contributed by atoms with Gasteiger partial charge in [-0.1, -0.05) is 6.07 Å². The molecular formula is C14H17N3O2. The molecule has 0 unspecified atom stereocenters. The summed E-state index contributed by atoms with van der Waals surface area (Å²) >= 11 is 0. The Hall–Kier alpha value is -2.04. The lowest BCUT2D eigenvalue weighted by Gasteiger charge is -2.30. The molecule has 0 saturated carbocycles. The van der Waals surface area contributed by atoms with E-state index in [9.17, 15) is 9.59 Å². The number of nitrogens with one attached hydrogen (secondary N) is 2. The molecule has 1 aliphatic rings. The molecule has 5 nitrogen and oxygen atoms in total. The largest absolute Gasteiger partial charge is 0.343 e. The van der Waals surface area contributed by atoms with Crippen LogP contribution in [0.3, 0.4) is 0 Å². The second-order valence-corrected chi connectivity index (χ2v) is 5.05. The van der Waals surface area contributed by atoms with Gasteiger partial charge in [-0.3, -0.25) is 4.79 Å². The summed E-state index contributed by atoms with van der Waals surface area (Å²) in [7, 11) is 0. The lowest BCUT2D eigenvalue weighted by molar-refractivity contribution is -0.134. The Morgan fingerprint density at radius 2 is 2.00 bits per heavy atom. The Morgan fingerprint density at radius 1 is 1.21 bits per heavy atom. The number of hydrogen-bond acceptors (Lipinski definition) is 2. The van der Waals surface area contributed by atoms with Gasteiger partial charge in [0.15, 0.2) is 0 Å². The Bertz CT molecular complexity index is 652. The molecule has 1 aromatic carbocycles. The number of carbonyl (C=O) groups is 1. The molecule has 1 fully saturated rings. The first-order valence-corrected chi connectivity index (χ1v) is 6.71. The molecule has 1 amide bonds. The summed E-state index contributed by atoms with van der Waals surface area (Å²) < 4.78 is 0. The number of carbonyl (C=O) groups excluding carboxylic acids is 1. The van der Waals surface area contributed by atoms with Crippen LogP contribution in [0.25, 0.3) is 11.0 Å². The van der Waals surface area contributed by atoms with Crippen LogP contribution in [0.2, 0.25) is 0 Å². The standard InChI is InChI=1S/C14H17N3O2/c18-13(17-7-2-8-17)4-1-3-10-5-6-11-12(9-10)16-14(19)15-11/h5-6,9H,1-4,7-8H2,(H2,15,16,19). The molecule has 0 spiro atoms. The molecule has 0 atom stereocenters. The molecule has 0 radical (unpaired) electrons. The van der Waals surface area contributed by atoms with E-state index in [1.54, 1.807) is 0 Å². The number of amides is 1. The number of likely N-dealkylation sites (tertiary alicyclic amines) is 1. The third kappa shape index (κ3) is 2.54. The van der Waals surface area contributed by atoms with Gasteiger partial charge in [0.25, 0.3) is 0 Å². The SMILES string of the molecule is O=C(CCCc1ccc2[nH]c(=O)[nH]c2c1)N1CCC1. The molecule has 0 bridgehead atoms. The minimum atomic E-state index is -0.180. The number of fused-ring (bicyclic) bond motifs is 1. The summed E-state index contributed by atoms with van der Waals surface area (Å²) in [6.45, 7) is 1.85. The van der Waals surface area contributed by atoms with Crippen molar-refractivity contribution in [3.05, 3.63) is 34.2 Å². The molecule has 1 aliphatic heterocycles. The Morgan fingerprint density at radius 3 is 2.74 bits per heavy atom. The second-order valence-electron chi connectivity index (χ2n) is 5.05. The molecule has 0 aliphatic carbocycles.